The molecule has 2 rings (SSSR count). The average molecular weight is 234 g/mol. The van der Waals surface area contributed by atoms with Gasteiger partial charge < -0.3 is 0 Å². The first-order chi connectivity index (χ1) is 8.11. The Labute approximate surface area is 103 Å². The topological polar surface area (TPSA) is 34.9 Å². The predicted octanol–water partition coefficient (Wildman–Crippen LogP) is 2.76. The molecule has 17 heavy (non-hydrogen) atoms. The molecular formula is C14H22N2O. The first kappa shape index (κ1) is 12.3. The maximum Gasteiger partial charge on any atom is 0.142 e. The Balaban J connectivity index is 2.07. The van der Waals surface area contributed by atoms with Gasteiger partial charge in [-0.3, -0.25) is 9.48 Å². The minimum Gasteiger partial charge on any atom is -0.299 e. The fraction of sp³-hybridized carbons (Fsp3) is 0.714. The molecule has 0 N–H and O–H groups in total. The summed E-state index contributed by atoms with van der Waals surface area (Å²) in [7, 11) is 0. The van der Waals surface area contributed by atoms with Gasteiger partial charge in [-0.1, -0.05) is 13.3 Å². The quantitative estimate of drug-likeness (QED) is 0.803. The summed E-state index contributed by atoms with van der Waals surface area (Å²) in [5.41, 5.74) is 2.09. The number of Topliss-reactive ketones (excluding diaryl/α,β-unsaturated/α-hetero) is 1. The normalized spacial score (nSPS) is 24.2. The van der Waals surface area contributed by atoms with Gasteiger partial charge in [-0.25, -0.2) is 0 Å². The summed E-state index contributed by atoms with van der Waals surface area (Å²) in [6.07, 6.45) is 4.06. The maximum atomic E-state index is 12.3. The highest BCUT2D eigenvalue weighted by molar-refractivity contribution is 5.83. The van der Waals surface area contributed by atoms with Crippen LogP contribution < -0.4 is 0 Å². The van der Waals surface area contributed by atoms with Gasteiger partial charge in [-0.05, 0) is 38.7 Å². The second kappa shape index (κ2) is 5.03. The van der Waals surface area contributed by atoms with E-state index in [-0.39, 0.29) is 5.92 Å². The Hall–Kier alpha value is -1.12. The maximum absolute atomic E-state index is 12.3. The molecule has 0 bridgehead atoms. The summed E-state index contributed by atoms with van der Waals surface area (Å²) in [5, 5.41) is 4.39. The highest BCUT2D eigenvalue weighted by Gasteiger charge is 2.29. The molecule has 2 unspecified atom stereocenters. The molecule has 1 fully saturated rings. The van der Waals surface area contributed by atoms with Crippen LogP contribution in [0.2, 0.25) is 0 Å². The standard InChI is InChI=1S/C14H22N2O/c1-4-16-12(8-11(3)15-16)9-14(17)13-7-5-6-10(13)2/h8,10,13H,4-7,9H2,1-3H3. The number of aryl methyl sites for hydroxylation is 2. The van der Waals surface area contributed by atoms with Crippen LogP contribution >= 0.6 is 0 Å². The van der Waals surface area contributed by atoms with E-state index < -0.39 is 0 Å². The molecule has 2 atom stereocenters. The molecular weight excluding hydrogens is 212 g/mol. The first-order valence-electron chi connectivity index (χ1n) is 6.67. The lowest BCUT2D eigenvalue weighted by Gasteiger charge is -2.14. The fourth-order valence-electron chi connectivity index (χ4n) is 2.95. The summed E-state index contributed by atoms with van der Waals surface area (Å²) in [4.78, 5) is 12.3. The van der Waals surface area contributed by atoms with E-state index in [9.17, 15) is 4.79 Å². The molecule has 1 saturated carbocycles. The lowest BCUT2D eigenvalue weighted by Crippen LogP contribution is -2.20. The van der Waals surface area contributed by atoms with Crippen LogP contribution in [0.4, 0.5) is 0 Å². The molecule has 1 aliphatic carbocycles. The second-order valence-corrected chi connectivity index (χ2v) is 5.25. The summed E-state index contributed by atoms with van der Waals surface area (Å²) >= 11 is 0. The van der Waals surface area contributed by atoms with Gasteiger partial charge in [0.2, 0.25) is 0 Å². The molecule has 0 aromatic carbocycles. The molecule has 1 aromatic heterocycles. The Morgan fingerprint density at radius 2 is 2.29 bits per heavy atom. The zero-order chi connectivity index (χ0) is 12.4. The number of rotatable bonds is 4. The van der Waals surface area contributed by atoms with E-state index in [1.165, 1.54) is 12.8 Å². The van der Waals surface area contributed by atoms with Crippen LogP contribution in [-0.4, -0.2) is 15.6 Å². The number of nitrogens with zero attached hydrogens (tertiary/aromatic N) is 2. The third-order valence-corrected chi connectivity index (χ3v) is 3.92. The van der Waals surface area contributed by atoms with Crippen molar-refractivity contribution in [3.63, 3.8) is 0 Å². The Morgan fingerprint density at radius 1 is 1.53 bits per heavy atom. The van der Waals surface area contributed by atoms with Crippen LogP contribution in [0.15, 0.2) is 6.07 Å². The SMILES string of the molecule is CCn1nc(C)cc1CC(=O)C1CCCC1C. The summed E-state index contributed by atoms with van der Waals surface area (Å²) in [6, 6.07) is 2.04. The summed E-state index contributed by atoms with van der Waals surface area (Å²) in [5.74, 6) is 1.27. The third-order valence-electron chi connectivity index (χ3n) is 3.92. The van der Waals surface area contributed by atoms with Crippen LogP contribution in [0.5, 0.6) is 0 Å². The van der Waals surface area contributed by atoms with Crippen LogP contribution in [0.25, 0.3) is 0 Å². The molecule has 94 valence electrons. The Kier molecular flexibility index (Phi) is 3.65. The van der Waals surface area contributed by atoms with Crippen molar-refractivity contribution in [3.8, 4) is 0 Å². The van der Waals surface area contributed by atoms with Crippen molar-refractivity contribution in [2.75, 3.05) is 0 Å². The second-order valence-electron chi connectivity index (χ2n) is 5.25. The highest BCUT2D eigenvalue weighted by atomic mass is 16.1. The van der Waals surface area contributed by atoms with E-state index in [1.54, 1.807) is 0 Å². The molecule has 1 aliphatic rings. The molecule has 0 spiro atoms. The van der Waals surface area contributed by atoms with Crippen LogP contribution in [-0.2, 0) is 17.8 Å². The monoisotopic (exact) mass is 234 g/mol. The zero-order valence-electron chi connectivity index (χ0n) is 11.1. The molecule has 0 radical (unpaired) electrons. The minimum atomic E-state index is 0.288. The molecule has 3 heteroatoms. The van der Waals surface area contributed by atoms with Gasteiger partial charge in [0.05, 0.1) is 5.69 Å². The molecule has 0 aliphatic heterocycles. The van der Waals surface area contributed by atoms with E-state index in [0.29, 0.717) is 18.1 Å². The van der Waals surface area contributed by atoms with Gasteiger partial charge in [0.25, 0.3) is 0 Å². The van der Waals surface area contributed by atoms with Crippen molar-refractivity contribution in [1.82, 2.24) is 9.78 Å². The minimum absolute atomic E-state index is 0.288. The lowest BCUT2D eigenvalue weighted by molar-refractivity contribution is -0.123. The van der Waals surface area contributed by atoms with Crippen molar-refractivity contribution in [2.24, 2.45) is 11.8 Å². The van der Waals surface area contributed by atoms with Crippen molar-refractivity contribution >= 4 is 5.78 Å². The van der Waals surface area contributed by atoms with Crippen LogP contribution in [0, 0.1) is 18.8 Å². The average Bonchev–Trinajstić information content (AvgIpc) is 2.84. The van der Waals surface area contributed by atoms with Gasteiger partial charge in [-0.15, -0.1) is 0 Å². The number of ketones is 1. The van der Waals surface area contributed by atoms with Crippen molar-refractivity contribution < 1.29 is 4.79 Å². The third kappa shape index (κ3) is 2.59. The number of carbonyl (C=O) groups excluding carboxylic acids is 1. The van der Waals surface area contributed by atoms with Crippen LogP contribution in [0.3, 0.4) is 0 Å². The fourth-order valence-corrected chi connectivity index (χ4v) is 2.95. The Bertz CT molecular complexity index is 408. The van der Waals surface area contributed by atoms with E-state index in [0.717, 1.165) is 24.4 Å². The number of hydrogen-bond acceptors (Lipinski definition) is 2. The first-order valence-corrected chi connectivity index (χ1v) is 6.67. The van der Waals surface area contributed by atoms with E-state index >= 15 is 0 Å². The Morgan fingerprint density at radius 3 is 2.88 bits per heavy atom. The number of hydrogen-bond donors (Lipinski definition) is 0. The van der Waals surface area contributed by atoms with Crippen molar-refractivity contribution in [3.05, 3.63) is 17.5 Å². The largest absolute Gasteiger partial charge is 0.299 e. The van der Waals surface area contributed by atoms with Crippen LogP contribution in [0.1, 0.15) is 44.5 Å². The molecule has 0 saturated heterocycles. The molecule has 1 aromatic rings. The molecule has 1 heterocycles. The smallest absolute Gasteiger partial charge is 0.142 e. The summed E-state index contributed by atoms with van der Waals surface area (Å²) in [6.45, 7) is 7.10. The van der Waals surface area contributed by atoms with Gasteiger partial charge in [-0.2, -0.15) is 5.10 Å². The van der Waals surface area contributed by atoms with Crippen molar-refractivity contribution in [1.29, 1.82) is 0 Å². The van der Waals surface area contributed by atoms with Gasteiger partial charge >= 0.3 is 0 Å². The number of aromatic nitrogens is 2. The molecule has 3 nitrogen and oxygen atoms in total. The lowest BCUT2D eigenvalue weighted by atomic mass is 9.91. The summed E-state index contributed by atoms with van der Waals surface area (Å²) < 4.78 is 1.95. The zero-order valence-corrected chi connectivity index (χ0v) is 11.1. The number of carbonyl (C=O) groups is 1. The van der Waals surface area contributed by atoms with Crippen molar-refractivity contribution in [2.45, 2.75) is 53.0 Å². The van der Waals surface area contributed by atoms with Gasteiger partial charge in [0.15, 0.2) is 0 Å². The predicted molar refractivity (Wildman–Crippen MR) is 67.9 cm³/mol. The van der Waals surface area contributed by atoms with Gasteiger partial charge in [0.1, 0.15) is 5.78 Å². The van der Waals surface area contributed by atoms with Gasteiger partial charge in [0, 0.05) is 24.6 Å². The van der Waals surface area contributed by atoms with E-state index in [2.05, 4.69) is 18.9 Å². The van der Waals surface area contributed by atoms with E-state index in [1.807, 2.05) is 17.7 Å². The van der Waals surface area contributed by atoms with E-state index in [4.69, 9.17) is 0 Å². The highest BCUT2D eigenvalue weighted by Crippen LogP contribution is 2.32. The molecule has 0 amide bonds.